The van der Waals surface area contributed by atoms with Crippen molar-refractivity contribution < 1.29 is 5.03 Å². The van der Waals surface area contributed by atoms with Gasteiger partial charge in [-0.25, -0.2) is 10.1 Å². The van der Waals surface area contributed by atoms with Crippen LogP contribution in [0.3, 0.4) is 0 Å². The minimum atomic E-state index is -0.720. The first-order valence-electron chi connectivity index (χ1n) is 4.12. The fraction of sp³-hybridized carbons (Fsp3) is 0.250. The van der Waals surface area contributed by atoms with Crippen molar-refractivity contribution in [3.05, 3.63) is 40.2 Å². The van der Waals surface area contributed by atoms with Crippen LogP contribution in [0.1, 0.15) is 5.56 Å². The minimum Gasteiger partial charge on any atom is -0.355 e. The molecule has 0 amide bonds. The third-order valence-electron chi connectivity index (χ3n) is 1.53. The molecule has 0 saturated heterocycles. The highest BCUT2D eigenvalue weighted by Crippen LogP contribution is 1.99. The van der Waals surface area contributed by atoms with Gasteiger partial charge in [-0.05, 0) is 17.9 Å². The molecule has 0 atom stereocenters. The van der Waals surface area contributed by atoms with Gasteiger partial charge in [0, 0.05) is 18.9 Å². The van der Waals surface area contributed by atoms with Gasteiger partial charge in [-0.2, -0.15) is 0 Å². The summed E-state index contributed by atoms with van der Waals surface area (Å²) in [5, 5.41) is 15.7. The van der Waals surface area contributed by atoms with E-state index in [1.807, 2.05) is 6.07 Å². The van der Waals surface area contributed by atoms with Gasteiger partial charge in [-0.3, -0.25) is 4.98 Å². The van der Waals surface area contributed by atoms with Crippen LogP contribution in [-0.2, 0) is 6.54 Å². The van der Waals surface area contributed by atoms with Crippen LogP contribution in [0.2, 0.25) is 0 Å². The number of aromatic nitrogens is 1. The lowest BCUT2D eigenvalue weighted by atomic mass is 10.3. The van der Waals surface area contributed by atoms with Gasteiger partial charge in [0.05, 0.1) is 5.10 Å². The number of hydrogen-bond acceptors (Lipinski definition) is 4. The minimum absolute atomic E-state index is 0.281. The van der Waals surface area contributed by atoms with E-state index in [-0.39, 0.29) is 5.17 Å². The number of nitrogens with one attached hydrogen (secondary N) is 1. The van der Waals surface area contributed by atoms with Crippen LogP contribution in [-0.4, -0.2) is 21.4 Å². The van der Waals surface area contributed by atoms with Gasteiger partial charge < -0.3 is 5.32 Å². The van der Waals surface area contributed by atoms with E-state index in [1.165, 1.54) is 11.8 Å². The lowest BCUT2D eigenvalue weighted by Crippen LogP contribution is -2.20. The summed E-state index contributed by atoms with van der Waals surface area (Å²) in [6.07, 6.45) is 5.08. The Kier molecular flexibility index (Phi) is 4.55. The molecule has 0 fully saturated rings. The predicted octanol–water partition coefficient (Wildman–Crippen LogP) is 1.08. The van der Waals surface area contributed by atoms with E-state index >= 15 is 0 Å². The van der Waals surface area contributed by atoms with Crippen LogP contribution in [0.25, 0.3) is 0 Å². The van der Waals surface area contributed by atoms with Crippen molar-refractivity contribution >= 4 is 16.9 Å². The van der Waals surface area contributed by atoms with E-state index in [2.05, 4.69) is 15.4 Å². The molecule has 1 N–H and O–H groups in total. The van der Waals surface area contributed by atoms with E-state index in [9.17, 15) is 10.1 Å². The quantitative estimate of drug-likeness (QED) is 0.361. The fourth-order valence-electron chi connectivity index (χ4n) is 0.903. The number of hydrogen-bond donors (Lipinski definition) is 1. The molecule has 0 aromatic carbocycles. The number of nitrogens with zero attached hydrogens (tertiary/aromatic N) is 3. The lowest BCUT2D eigenvalue weighted by Gasteiger charge is -2.03. The maximum atomic E-state index is 10.1. The number of thioether (sulfide) groups is 1. The molecular formula is C8H10N4O2S. The number of nitro groups is 1. The van der Waals surface area contributed by atoms with Crippen molar-refractivity contribution in [3.63, 3.8) is 0 Å². The van der Waals surface area contributed by atoms with Gasteiger partial charge in [0.15, 0.2) is 5.03 Å². The molecule has 6 nitrogen and oxygen atoms in total. The van der Waals surface area contributed by atoms with Crippen molar-refractivity contribution in [1.82, 2.24) is 10.3 Å². The summed E-state index contributed by atoms with van der Waals surface area (Å²) in [6, 6.07) is 3.69. The number of hydrazone groups is 1. The number of pyridine rings is 1. The highest BCUT2D eigenvalue weighted by atomic mass is 32.2. The normalized spacial score (nSPS) is 11.1. The van der Waals surface area contributed by atoms with Crippen molar-refractivity contribution in [2.24, 2.45) is 5.10 Å². The average Bonchev–Trinajstić information content (AvgIpc) is 2.25. The van der Waals surface area contributed by atoms with Gasteiger partial charge >= 0.3 is 0 Å². The Morgan fingerprint density at radius 1 is 1.80 bits per heavy atom. The predicted molar refractivity (Wildman–Crippen MR) is 59.0 cm³/mol. The second-order valence-electron chi connectivity index (χ2n) is 2.56. The molecule has 1 aromatic rings. The van der Waals surface area contributed by atoms with Gasteiger partial charge in [-0.15, -0.1) is 0 Å². The Hall–Kier alpha value is -1.63. The molecule has 1 rings (SSSR count). The Balaban J connectivity index is 2.52. The molecule has 1 heterocycles. The molecule has 0 aliphatic heterocycles. The molecule has 0 aliphatic rings. The summed E-state index contributed by atoms with van der Waals surface area (Å²) >= 11 is 1.19. The first-order chi connectivity index (χ1) is 7.22. The lowest BCUT2D eigenvalue weighted by molar-refractivity contribution is -0.484. The zero-order chi connectivity index (χ0) is 11.1. The molecule has 0 radical (unpaired) electrons. The summed E-state index contributed by atoms with van der Waals surface area (Å²) < 4.78 is 0. The topological polar surface area (TPSA) is 80.4 Å². The SMILES string of the molecule is CSC(=N[N+](=O)[O-])NCc1cccnc1. The molecular weight excluding hydrogens is 216 g/mol. The van der Waals surface area contributed by atoms with Crippen molar-refractivity contribution in [2.45, 2.75) is 6.54 Å². The molecule has 0 spiro atoms. The maximum absolute atomic E-state index is 10.1. The second-order valence-corrected chi connectivity index (χ2v) is 3.36. The molecule has 80 valence electrons. The van der Waals surface area contributed by atoms with E-state index in [4.69, 9.17) is 0 Å². The van der Waals surface area contributed by atoms with Gasteiger partial charge in [0.1, 0.15) is 0 Å². The highest BCUT2D eigenvalue weighted by Gasteiger charge is 2.02. The van der Waals surface area contributed by atoms with Gasteiger partial charge in [-0.1, -0.05) is 17.8 Å². The van der Waals surface area contributed by atoms with E-state index in [1.54, 1.807) is 24.7 Å². The Labute approximate surface area is 90.9 Å². The van der Waals surface area contributed by atoms with Crippen LogP contribution in [0.4, 0.5) is 0 Å². The zero-order valence-corrected chi connectivity index (χ0v) is 8.90. The molecule has 0 aliphatic carbocycles. The molecule has 0 bridgehead atoms. The Morgan fingerprint density at radius 2 is 2.60 bits per heavy atom. The average molecular weight is 226 g/mol. The highest BCUT2D eigenvalue weighted by molar-refractivity contribution is 8.13. The summed E-state index contributed by atoms with van der Waals surface area (Å²) in [5.74, 6) is 0. The molecule has 15 heavy (non-hydrogen) atoms. The Morgan fingerprint density at radius 3 is 3.13 bits per heavy atom. The van der Waals surface area contributed by atoms with Crippen LogP contribution >= 0.6 is 11.8 Å². The fourth-order valence-corrected chi connectivity index (χ4v) is 1.27. The smallest absolute Gasteiger partial charge is 0.235 e. The maximum Gasteiger partial charge on any atom is 0.235 e. The van der Waals surface area contributed by atoms with Crippen molar-refractivity contribution in [2.75, 3.05) is 6.26 Å². The van der Waals surface area contributed by atoms with Crippen molar-refractivity contribution in [1.29, 1.82) is 0 Å². The third-order valence-corrected chi connectivity index (χ3v) is 2.15. The van der Waals surface area contributed by atoms with E-state index < -0.39 is 5.03 Å². The monoisotopic (exact) mass is 226 g/mol. The molecule has 0 saturated carbocycles. The van der Waals surface area contributed by atoms with Crippen LogP contribution in [0.5, 0.6) is 0 Å². The molecule has 7 heteroatoms. The van der Waals surface area contributed by atoms with E-state index in [0.717, 1.165) is 5.56 Å². The first kappa shape index (κ1) is 11.4. The zero-order valence-electron chi connectivity index (χ0n) is 8.08. The largest absolute Gasteiger partial charge is 0.355 e. The molecule has 0 unspecified atom stereocenters. The van der Waals surface area contributed by atoms with Crippen LogP contribution < -0.4 is 5.32 Å². The Bertz CT molecular complexity index is 355. The first-order valence-corrected chi connectivity index (χ1v) is 5.34. The van der Waals surface area contributed by atoms with Gasteiger partial charge in [0.25, 0.3) is 0 Å². The summed E-state index contributed by atoms with van der Waals surface area (Å²) in [4.78, 5) is 14.1. The summed E-state index contributed by atoms with van der Waals surface area (Å²) in [7, 11) is 0. The summed E-state index contributed by atoms with van der Waals surface area (Å²) in [6.45, 7) is 0.474. The van der Waals surface area contributed by atoms with Crippen LogP contribution in [0.15, 0.2) is 29.6 Å². The molecule has 1 aromatic heterocycles. The standard InChI is InChI=1S/C8H10N4O2S/c1-15-8(11-12(13)14)10-6-7-3-2-4-9-5-7/h2-5H,6H2,1H3,(H,10,11). The van der Waals surface area contributed by atoms with Crippen molar-refractivity contribution in [3.8, 4) is 0 Å². The van der Waals surface area contributed by atoms with E-state index in [0.29, 0.717) is 6.54 Å². The van der Waals surface area contributed by atoms with Gasteiger partial charge in [0.2, 0.25) is 5.17 Å². The number of amidine groups is 1. The third kappa shape index (κ3) is 4.41. The van der Waals surface area contributed by atoms with Crippen LogP contribution in [0, 0.1) is 10.1 Å². The second kappa shape index (κ2) is 5.97. The summed E-state index contributed by atoms with van der Waals surface area (Å²) in [5.41, 5.74) is 0.947. The number of rotatable bonds is 3.